The number of hydrogen-bond donors (Lipinski definition) is 1. The first kappa shape index (κ1) is 17.4. The van der Waals surface area contributed by atoms with Crippen molar-refractivity contribution < 1.29 is 4.79 Å². The molecular formula is C19H25N5O. The molecule has 25 heavy (non-hydrogen) atoms. The van der Waals surface area contributed by atoms with Gasteiger partial charge in [-0.15, -0.1) is 0 Å². The van der Waals surface area contributed by atoms with Gasteiger partial charge in [0.15, 0.2) is 0 Å². The lowest BCUT2D eigenvalue weighted by molar-refractivity contribution is 0.102. The summed E-state index contributed by atoms with van der Waals surface area (Å²) in [5.41, 5.74) is 3.46. The largest absolute Gasteiger partial charge is 0.354 e. The molecule has 6 heteroatoms. The molecule has 1 aliphatic rings. The van der Waals surface area contributed by atoms with E-state index in [4.69, 9.17) is 0 Å². The van der Waals surface area contributed by atoms with Crippen molar-refractivity contribution in [1.82, 2.24) is 14.9 Å². The molecule has 0 spiro atoms. The van der Waals surface area contributed by atoms with Gasteiger partial charge in [0.05, 0.1) is 0 Å². The molecule has 1 N–H and O–H groups in total. The van der Waals surface area contributed by atoms with Crippen LogP contribution in [0.5, 0.6) is 0 Å². The highest BCUT2D eigenvalue weighted by Gasteiger charge is 2.18. The number of benzene rings is 1. The maximum atomic E-state index is 12.7. The average molecular weight is 339 g/mol. The Kier molecular flexibility index (Phi) is 5.28. The van der Waals surface area contributed by atoms with Crippen LogP contribution in [0, 0.1) is 6.92 Å². The summed E-state index contributed by atoms with van der Waals surface area (Å²) in [4.78, 5) is 25.7. The van der Waals surface area contributed by atoms with Crippen molar-refractivity contribution in [3.05, 3.63) is 47.4 Å². The molecule has 3 rings (SSSR count). The van der Waals surface area contributed by atoms with Crippen LogP contribution in [0.1, 0.15) is 28.5 Å². The number of nitrogens with zero attached hydrogens (tertiary/aromatic N) is 4. The number of aromatic nitrogens is 2. The average Bonchev–Trinajstić information content (AvgIpc) is 2.64. The molecule has 1 aliphatic heterocycles. The molecule has 0 atom stereocenters. The van der Waals surface area contributed by atoms with Crippen molar-refractivity contribution in [1.29, 1.82) is 0 Å². The molecule has 2 aromatic rings. The number of nitrogens with one attached hydrogen (secondary N) is 1. The van der Waals surface area contributed by atoms with E-state index in [9.17, 15) is 4.79 Å². The summed E-state index contributed by atoms with van der Waals surface area (Å²) < 4.78 is 0. The van der Waals surface area contributed by atoms with Gasteiger partial charge in [-0.05, 0) is 31.5 Å². The third kappa shape index (κ3) is 3.96. The second kappa shape index (κ2) is 7.61. The summed E-state index contributed by atoms with van der Waals surface area (Å²) in [5, 5.41) is 3.03. The third-order valence-corrected chi connectivity index (χ3v) is 4.69. The third-order valence-electron chi connectivity index (χ3n) is 4.69. The van der Waals surface area contributed by atoms with Gasteiger partial charge in [-0.25, -0.2) is 9.97 Å². The number of hydrogen-bond acceptors (Lipinski definition) is 5. The van der Waals surface area contributed by atoms with Gasteiger partial charge in [-0.2, -0.15) is 0 Å². The molecule has 6 nitrogen and oxygen atoms in total. The number of aryl methyl sites for hydroxylation is 2. The summed E-state index contributed by atoms with van der Waals surface area (Å²) in [6.07, 6.45) is 2.34. The van der Waals surface area contributed by atoms with Gasteiger partial charge < -0.3 is 15.1 Å². The quantitative estimate of drug-likeness (QED) is 0.926. The van der Waals surface area contributed by atoms with Crippen LogP contribution in [0.25, 0.3) is 0 Å². The van der Waals surface area contributed by atoms with Gasteiger partial charge in [-0.3, -0.25) is 4.79 Å². The first-order valence-corrected chi connectivity index (χ1v) is 8.74. The first-order valence-electron chi connectivity index (χ1n) is 8.74. The summed E-state index contributed by atoms with van der Waals surface area (Å²) in [7, 11) is 2.11. The van der Waals surface area contributed by atoms with Gasteiger partial charge in [0.1, 0.15) is 17.8 Å². The standard InChI is InChI=1S/C19H25N5O/c1-4-15-7-5-6-14(2)18(15)22-19(25)16-12-17(21-13-20-16)24-10-8-23(3)9-11-24/h5-7,12-13H,4,8-11H2,1-3H3,(H,22,25). The van der Waals surface area contributed by atoms with Gasteiger partial charge >= 0.3 is 0 Å². The highest BCUT2D eigenvalue weighted by Crippen LogP contribution is 2.22. The molecule has 132 valence electrons. The van der Waals surface area contributed by atoms with Crippen LogP contribution in [-0.4, -0.2) is 54.0 Å². The molecule has 0 unspecified atom stereocenters. The van der Waals surface area contributed by atoms with Gasteiger partial charge in [0.25, 0.3) is 5.91 Å². The maximum Gasteiger partial charge on any atom is 0.274 e. The van der Waals surface area contributed by atoms with Gasteiger partial charge in [0.2, 0.25) is 0 Å². The van der Waals surface area contributed by atoms with E-state index in [1.807, 2.05) is 25.1 Å². The molecule has 0 radical (unpaired) electrons. The monoisotopic (exact) mass is 339 g/mol. The van der Waals surface area contributed by atoms with Crippen molar-refractivity contribution in [3.63, 3.8) is 0 Å². The molecule has 2 heterocycles. The number of amides is 1. The lowest BCUT2D eigenvalue weighted by Gasteiger charge is -2.33. The predicted molar refractivity (Wildman–Crippen MR) is 100 cm³/mol. The molecule has 1 fully saturated rings. The van der Waals surface area contributed by atoms with Crippen molar-refractivity contribution in [2.24, 2.45) is 0 Å². The van der Waals surface area contributed by atoms with Crippen LogP contribution in [0.2, 0.25) is 0 Å². The van der Waals surface area contributed by atoms with E-state index in [2.05, 4.69) is 39.1 Å². The Morgan fingerprint density at radius 2 is 1.96 bits per heavy atom. The summed E-state index contributed by atoms with van der Waals surface area (Å²) in [6.45, 7) is 7.90. The Hall–Kier alpha value is -2.47. The van der Waals surface area contributed by atoms with Crippen molar-refractivity contribution in [3.8, 4) is 0 Å². The van der Waals surface area contributed by atoms with Crippen LogP contribution in [0.15, 0.2) is 30.6 Å². The zero-order chi connectivity index (χ0) is 17.8. The topological polar surface area (TPSA) is 61.4 Å². The molecule has 1 saturated heterocycles. The number of rotatable bonds is 4. The Morgan fingerprint density at radius 3 is 2.68 bits per heavy atom. The second-order valence-corrected chi connectivity index (χ2v) is 6.47. The van der Waals surface area contributed by atoms with E-state index in [0.29, 0.717) is 5.69 Å². The number of carbonyl (C=O) groups is 1. The lowest BCUT2D eigenvalue weighted by Crippen LogP contribution is -2.44. The highest BCUT2D eigenvalue weighted by atomic mass is 16.1. The predicted octanol–water partition coefficient (Wildman–Crippen LogP) is 2.35. The van der Waals surface area contributed by atoms with E-state index in [1.54, 1.807) is 6.07 Å². The van der Waals surface area contributed by atoms with Crippen LogP contribution < -0.4 is 10.2 Å². The molecule has 0 bridgehead atoms. The fraction of sp³-hybridized carbons (Fsp3) is 0.421. The minimum Gasteiger partial charge on any atom is -0.354 e. The molecule has 0 saturated carbocycles. The van der Waals surface area contributed by atoms with Gasteiger partial charge in [0, 0.05) is 37.9 Å². The lowest BCUT2D eigenvalue weighted by atomic mass is 10.1. The minimum atomic E-state index is -0.193. The van der Waals surface area contributed by atoms with Crippen LogP contribution >= 0.6 is 0 Å². The summed E-state index contributed by atoms with van der Waals surface area (Å²) >= 11 is 0. The summed E-state index contributed by atoms with van der Waals surface area (Å²) in [6, 6.07) is 7.84. The second-order valence-electron chi connectivity index (χ2n) is 6.47. The Bertz CT molecular complexity index is 753. The van der Waals surface area contributed by atoms with Crippen molar-refractivity contribution in [2.45, 2.75) is 20.3 Å². The van der Waals surface area contributed by atoms with Crippen LogP contribution in [0.3, 0.4) is 0 Å². The Balaban J connectivity index is 1.78. The maximum absolute atomic E-state index is 12.7. The van der Waals surface area contributed by atoms with E-state index in [1.165, 1.54) is 6.33 Å². The molecule has 1 aromatic carbocycles. The van der Waals surface area contributed by atoms with E-state index in [0.717, 1.165) is 55.2 Å². The van der Waals surface area contributed by atoms with Gasteiger partial charge in [-0.1, -0.05) is 25.1 Å². The Morgan fingerprint density at radius 1 is 1.20 bits per heavy atom. The van der Waals surface area contributed by atoms with Crippen molar-refractivity contribution in [2.75, 3.05) is 43.4 Å². The van der Waals surface area contributed by atoms with Crippen LogP contribution in [0.4, 0.5) is 11.5 Å². The van der Waals surface area contributed by atoms with Crippen LogP contribution in [-0.2, 0) is 6.42 Å². The van der Waals surface area contributed by atoms with Crippen molar-refractivity contribution >= 4 is 17.4 Å². The number of para-hydroxylation sites is 1. The zero-order valence-electron chi connectivity index (χ0n) is 15.1. The van der Waals surface area contributed by atoms with E-state index in [-0.39, 0.29) is 5.91 Å². The SMILES string of the molecule is CCc1cccc(C)c1NC(=O)c1cc(N2CCN(C)CC2)ncn1. The summed E-state index contributed by atoms with van der Waals surface area (Å²) in [5.74, 6) is 0.621. The normalized spacial score (nSPS) is 15.2. The number of anilines is 2. The molecule has 1 aromatic heterocycles. The highest BCUT2D eigenvalue weighted by molar-refractivity contribution is 6.04. The number of piperazine rings is 1. The number of carbonyl (C=O) groups excluding carboxylic acids is 1. The number of likely N-dealkylation sites (N-methyl/N-ethyl adjacent to an activating group) is 1. The fourth-order valence-corrected chi connectivity index (χ4v) is 3.06. The Labute approximate surface area is 148 Å². The molecule has 1 amide bonds. The molecule has 0 aliphatic carbocycles. The minimum absolute atomic E-state index is 0.193. The zero-order valence-corrected chi connectivity index (χ0v) is 15.1. The van der Waals surface area contributed by atoms with E-state index >= 15 is 0 Å². The smallest absolute Gasteiger partial charge is 0.274 e. The van der Waals surface area contributed by atoms with E-state index < -0.39 is 0 Å². The first-order chi connectivity index (χ1) is 12.1. The molecular weight excluding hydrogens is 314 g/mol. The fourth-order valence-electron chi connectivity index (χ4n) is 3.06.